The van der Waals surface area contributed by atoms with Crippen molar-refractivity contribution in [2.24, 2.45) is 0 Å². The van der Waals surface area contributed by atoms with Crippen LogP contribution < -0.4 is 15.0 Å². The molecule has 0 aliphatic carbocycles. The van der Waals surface area contributed by atoms with Gasteiger partial charge in [0.05, 0.1) is 6.10 Å². The molecule has 1 aliphatic rings. The van der Waals surface area contributed by atoms with Gasteiger partial charge in [0, 0.05) is 23.6 Å². The lowest BCUT2D eigenvalue weighted by Gasteiger charge is -2.24. The summed E-state index contributed by atoms with van der Waals surface area (Å²) in [6.45, 7) is 6.26. The number of aromatic nitrogens is 2. The monoisotopic (exact) mass is 360 g/mol. The normalized spacial score (nSPS) is 15.7. The Kier molecular flexibility index (Phi) is 4.67. The molecule has 0 saturated heterocycles. The predicted molar refractivity (Wildman–Crippen MR) is 109 cm³/mol. The summed E-state index contributed by atoms with van der Waals surface area (Å²) in [4.78, 5) is 11.4. The number of fused-ring (bicyclic) bond motifs is 1. The van der Waals surface area contributed by atoms with Crippen LogP contribution in [0.25, 0.3) is 0 Å². The molecule has 0 saturated carbocycles. The highest BCUT2D eigenvalue weighted by Gasteiger charge is 2.27. The molecule has 1 aliphatic heterocycles. The van der Waals surface area contributed by atoms with E-state index in [1.165, 1.54) is 11.3 Å². The molecule has 5 nitrogen and oxygen atoms in total. The van der Waals surface area contributed by atoms with Crippen molar-refractivity contribution in [2.75, 3.05) is 10.2 Å². The molecule has 2 aromatic carbocycles. The summed E-state index contributed by atoms with van der Waals surface area (Å²) in [6.07, 6.45) is 2.99. The van der Waals surface area contributed by atoms with Crippen molar-refractivity contribution >= 4 is 23.1 Å². The van der Waals surface area contributed by atoms with E-state index in [4.69, 9.17) is 9.72 Å². The minimum atomic E-state index is 0.161. The maximum atomic E-state index is 5.69. The average Bonchev–Trinajstić information content (AvgIpc) is 2.99. The molecule has 0 fully saturated rings. The Hall–Kier alpha value is -3.08. The number of para-hydroxylation sites is 1. The number of anilines is 4. The van der Waals surface area contributed by atoms with Gasteiger partial charge in [-0.25, -0.2) is 4.98 Å². The molecule has 1 atom stereocenters. The molecular formula is C22H24N4O. The van der Waals surface area contributed by atoms with Crippen molar-refractivity contribution < 1.29 is 4.74 Å². The quantitative estimate of drug-likeness (QED) is 0.687. The van der Waals surface area contributed by atoms with Crippen LogP contribution in [-0.2, 0) is 6.42 Å². The van der Waals surface area contributed by atoms with Crippen molar-refractivity contribution in [3.05, 3.63) is 66.4 Å². The topological polar surface area (TPSA) is 50.3 Å². The van der Waals surface area contributed by atoms with Crippen LogP contribution in [0.5, 0.6) is 5.75 Å². The third-order valence-corrected chi connectivity index (χ3v) is 4.58. The predicted octanol–water partition coefficient (Wildman–Crippen LogP) is 5.09. The fourth-order valence-electron chi connectivity index (χ4n) is 3.48. The molecule has 5 heteroatoms. The van der Waals surface area contributed by atoms with Crippen LogP contribution in [0.15, 0.2) is 60.8 Å². The van der Waals surface area contributed by atoms with Crippen LogP contribution in [0.4, 0.5) is 23.1 Å². The molecule has 4 rings (SSSR count). The van der Waals surface area contributed by atoms with Crippen LogP contribution in [0.2, 0.25) is 0 Å². The third kappa shape index (κ3) is 3.72. The van der Waals surface area contributed by atoms with Crippen molar-refractivity contribution in [3.8, 4) is 5.75 Å². The molecule has 1 unspecified atom stereocenters. The Bertz CT molecular complexity index is 924. The highest BCUT2D eigenvalue weighted by Crippen LogP contribution is 2.37. The second kappa shape index (κ2) is 7.27. The maximum Gasteiger partial charge on any atom is 0.229 e. The highest BCUT2D eigenvalue weighted by molar-refractivity contribution is 5.69. The number of nitrogens with zero attached hydrogens (tertiary/aromatic N) is 3. The summed E-state index contributed by atoms with van der Waals surface area (Å²) in [5.74, 6) is 2.35. The molecule has 1 aromatic heterocycles. The SMILES string of the molecule is CC(C)Oc1ccc(Nc2nccc(N3c4ccccc4CC3C)n2)cc1. The zero-order valence-electron chi connectivity index (χ0n) is 15.9. The van der Waals surface area contributed by atoms with E-state index in [9.17, 15) is 0 Å². The molecule has 0 spiro atoms. The summed E-state index contributed by atoms with van der Waals surface area (Å²) >= 11 is 0. The Morgan fingerprint density at radius 1 is 1.07 bits per heavy atom. The Morgan fingerprint density at radius 3 is 2.63 bits per heavy atom. The van der Waals surface area contributed by atoms with Crippen molar-refractivity contribution in [1.29, 1.82) is 0 Å². The van der Waals surface area contributed by atoms with E-state index in [1.54, 1.807) is 6.20 Å². The smallest absolute Gasteiger partial charge is 0.229 e. The van der Waals surface area contributed by atoms with E-state index >= 15 is 0 Å². The first-order valence-electron chi connectivity index (χ1n) is 9.34. The number of benzene rings is 2. The molecule has 0 radical (unpaired) electrons. The summed E-state index contributed by atoms with van der Waals surface area (Å²) < 4.78 is 5.69. The Morgan fingerprint density at radius 2 is 1.85 bits per heavy atom. The average molecular weight is 360 g/mol. The Labute approximate surface area is 160 Å². The van der Waals surface area contributed by atoms with Crippen LogP contribution >= 0.6 is 0 Å². The van der Waals surface area contributed by atoms with Crippen molar-refractivity contribution in [3.63, 3.8) is 0 Å². The van der Waals surface area contributed by atoms with Gasteiger partial charge in [-0.05, 0) is 69.2 Å². The maximum absolute atomic E-state index is 5.69. The second-order valence-corrected chi connectivity index (χ2v) is 7.11. The highest BCUT2D eigenvalue weighted by atomic mass is 16.5. The van der Waals surface area contributed by atoms with Gasteiger partial charge in [-0.2, -0.15) is 4.98 Å². The number of hydrogen-bond acceptors (Lipinski definition) is 5. The van der Waals surface area contributed by atoms with E-state index in [0.717, 1.165) is 23.7 Å². The van der Waals surface area contributed by atoms with E-state index in [0.29, 0.717) is 12.0 Å². The molecular weight excluding hydrogens is 336 g/mol. The lowest BCUT2D eigenvalue weighted by Crippen LogP contribution is -2.25. The molecule has 1 N–H and O–H groups in total. The first-order chi connectivity index (χ1) is 13.1. The summed E-state index contributed by atoms with van der Waals surface area (Å²) in [6, 6.07) is 18.7. The lowest BCUT2D eigenvalue weighted by molar-refractivity contribution is 0.242. The van der Waals surface area contributed by atoms with Crippen LogP contribution in [-0.4, -0.2) is 22.1 Å². The molecule has 3 aromatic rings. The first-order valence-corrected chi connectivity index (χ1v) is 9.34. The third-order valence-electron chi connectivity index (χ3n) is 4.58. The van der Waals surface area contributed by atoms with Crippen LogP contribution in [0.3, 0.4) is 0 Å². The van der Waals surface area contributed by atoms with Crippen LogP contribution in [0, 0.1) is 0 Å². The fraction of sp³-hybridized carbons (Fsp3) is 0.273. The van der Waals surface area contributed by atoms with E-state index < -0.39 is 0 Å². The largest absolute Gasteiger partial charge is 0.491 e. The number of rotatable bonds is 5. The van der Waals surface area contributed by atoms with Gasteiger partial charge in [0.25, 0.3) is 0 Å². The van der Waals surface area contributed by atoms with E-state index in [1.807, 2.05) is 44.2 Å². The number of ether oxygens (including phenoxy) is 1. The van der Waals surface area contributed by atoms with Gasteiger partial charge in [0.2, 0.25) is 5.95 Å². The molecule has 27 heavy (non-hydrogen) atoms. The molecule has 138 valence electrons. The standard InChI is InChI=1S/C22H24N4O/c1-15(2)27-19-10-8-18(9-11-19)24-22-23-13-12-21(25-22)26-16(3)14-17-6-4-5-7-20(17)26/h4-13,15-16H,14H2,1-3H3,(H,23,24,25). The zero-order valence-corrected chi connectivity index (χ0v) is 15.9. The summed E-state index contributed by atoms with van der Waals surface area (Å²) in [7, 11) is 0. The van der Waals surface area contributed by atoms with Gasteiger partial charge in [0.1, 0.15) is 11.6 Å². The minimum Gasteiger partial charge on any atom is -0.491 e. The van der Waals surface area contributed by atoms with Gasteiger partial charge < -0.3 is 15.0 Å². The molecule has 0 bridgehead atoms. The first kappa shape index (κ1) is 17.3. The fourth-order valence-corrected chi connectivity index (χ4v) is 3.48. The van der Waals surface area contributed by atoms with Gasteiger partial charge >= 0.3 is 0 Å². The number of nitrogens with one attached hydrogen (secondary N) is 1. The van der Waals surface area contributed by atoms with E-state index in [-0.39, 0.29) is 6.10 Å². The van der Waals surface area contributed by atoms with Crippen molar-refractivity contribution in [2.45, 2.75) is 39.3 Å². The summed E-state index contributed by atoms with van der Waals surface area (Å²) in [5, 5.41) is 3.28. The lowest BCUT2D eigenvalue weighted by atomic mass is 10.1. The van der Waals surface area contributed by atoms with Crippen molar-refractivity contribution in [1.82, 2.24) is 9.97 Å². The minimum absolute atomic E-state index is 0.161. The van der Waals surface area contributed by atoms with E-state index in [2.05, 4.69) is 46.4 Å². The van der Waals surface area contributed by atoms with Crippen LogP contribution in [0.1, 0.15) is 26.3 Å². The second-order valence-electron chi connectivity index (χ2n) is 7.11. The van der Waals surface area contributed by atoms with Gasteiger partial charge in [-0.1, -0.05) is 18.2 Å². The van der Waals surface area contributed by atoms with Gasteiger partial charge in [0.15, 0.2) is 0 Å². The van der Waals surface area contributed by atoms with Gasteiger partial charge in [-0.15, -0.1) is 0 Å². The molecule has 2 heterocycles. The number of hydrogen-bond donors (Lipinski definition) is 1. The summed E-state index contributed by atoms with van der Waals surface area (Å²) in [5.41, 5.74) is 3.52. The zero-order chi connectivity index (χ0) is 18.8. The Balaban J connectivity index is 1.55. The van der Waals surface area contributed by atoms with Gasteiger partial charge in [-0.3, -0.25) is 0 Å². The molecule has 0 amide bonds.